The largest absolute Gasteiger partial charge is 0.350 e. The van der Waals surface area contributed by atoms with Crippen molar-refractivity contribution in [2.75, 3.05) is 4.90 Å². The van der Waals surface area contributed by atoms with Gasteiger partial charge in [-0.2, -0.15) is 0 Å². The molecule has 1 heterocycles. The lowest BCUT2D eigenvalue weighted by Crippen LogP contribution is -2.45. The van der Waals surface area contributed by atoms with Gasteiger partial charge in [0.1, 0.15) is 23.9 Å². The summed E-state index contributed by atoms with van der Waals surface area (Å²) in [5, 5.41) is 11.4. The quantitative estimate of drug-likeness (QED) is 0.218. The van der Waals surface area contributed by atoms with Crippen LogP contribution in [0.3, 0.4) is 0 Å². The Hall–Kier alpha value is -6.07. The minimum absolute atomic E-state index is 0.201. The lowest BCUT2D eigenvalue weighted by molar-refractivity contribution is -0.127. The molecule has 45 heavy (non-hydrogen) atoms. The third kappa shape index (κ3) is 6.95. The summed E-state index contributed by atoms with van der Waals surface area (Å²) in [5.41, 5.74) is 4.64. The molecular weight excluding hydrogens is 565 g/mol. The molecule has 6 rings (SSSR count). The predicted octanol–water partition coefficient (Wildman–Crippen LogP) is 6.06. The van der Waals surface area contributed by atoms with Crippen LogP contribution in [0.25, 0.3) is 11.0 Å². The Bertz CT molecular complexity index is 2000. The van der Waals surface area contributed by atoms with Crippen LogP contribution in [-0.4, -0.2) is 26.8 Å². The second-order valence-corrected chi connectivity index (χ2v) is 10.3. The number of rotatable bonds is 8. The van der Waals surface area contributed by atoms with Crippen molar-refractivity contribution >= 4 is 28.5 Å². The molecule has 220 valence electrons. The van der Waals surface area contributed by atoms with E-state index < -0.39 is 23.7 Å². The van der Waals surface area contributed by atoms with E-state index >= 15 is 0 Å². The first-order valence-corrected chi connectivity index (χ1v) is 14.4. The van der Waals surface area contributed by atoms with Gasteiger partial charge in [-0.05, 0) is 71.8 Å². The van der Waals surface area contributed by atoms with E-state index in [4.69, 9.17) is 0 Å². The van der Waals surface area contributed by atoms with Crippen LogP contribution in [0.4, 0.5) is 10.1 Å². The average molecular weight is 594 g/mol. The normalized spacial score (nSPS) is 11.3. The predicted molar refractivity (Wildman–Crippen MR) is 171 cm³/mol. The van der Waals surface area contributed by atoms with Gasteiger partial charge in [0.2, 0.25) is 11.8 Å². The Balaban J connectivity index is 1.42. The summed E-state index contributed by atoms with van der Waals surface area (Å²) in [6.07, 6.45) is 0. The number of benzene rings is 5. The lowest BCUT2D eigenvalue weighted by atomic mass is 10.00. The van der Waals surface area contributed by atoms with Crippen LogP contribution < -0.4 is 10.2 Å². The van der Waals surface area contributed by atoms with Gasteiger partial charge in [0.25, 0.3) is 0 Å². The number of amides is 2. The molecule has 1 N–H and O–H groups in total. The van der Waals surface area contributed by atoms with Crippen molar-refractivity contribution in [1.82, 2.24) is 20.3 Å². The number of anilines is 1. The van der Waals surface area contributed by atoms with E-state index in [9.17, 15) is 14.0 Å². The van der Waals surface area contributed by atoms with Crippen LogP contribution in [-0.2, 0) is 22.7 Å². The van der Waals surface area contributed by atoms with Crippen molar-refractivity contribution < 1.29 is 14.0 Å². The fourth-order valence-electron chi connectivity index (χ4n) is 5.03. The number of para-hydroxylation sites is 1. The SMILES string of the molecule is O=C(NCc1ccccc1)[C@@H](c1cccc(C#Cc2ccccc2)c1)N(C(=O)Cn1nnc2ccccc21)c1ccc(F)cc1. The molecule has 0 aliphatic carbocycles. The first kappa shape index (κ1) is 29.0. The van der Waals surface area contributed by atoms with Crippen molar-refractivity contribution in [2.45, 2.75) is 19.1 Å². The van der Waals surface area contributed by atoms with Crippen LogP contribution in [0.5, 0.6) is 0 Å². The molecule has 0 aliphatic rings. The monoisotopic (exact) mass is 593 g/mol. The number of nitrogens with zero attached hydrogens (tertiary/aromatic N) is 4. The molecule has 0 unspecified atom stereocenters. The molecule has 2 amide bonds. The molecule has 5 aromatic carbocycles. The van der Waals surface area contributed by atoms with Crippen LogP contribution in [0, 0.1) is 17.7 Å². The van der Waals surface area contributed by atoms with E-state index in [2.05, 4.69) is 27.5 Å². The Morgan fingerprint density at radius 2 is 1.44 bits per heavy atom. The number of aromatic nitrogens is 3. The number of hydrogen-bond acceptors (Lipinski definition) is 4. The highest BCUT2D eigenvalue weighted by molar-refractivity contribution is 6.01. The highest BCUT2D eigenvalue weighted by Gasteiger charge is 2.33. The standard InChI is InChI=1S/C37H28FN5O2/c38-31-20-22-32(23-21-31)43(35(44)26-42-34-17-8-7-16-33(34)40-41-42)36(37(45)39-25-29-12-5-2-6-13-29)30-15-9-14-28(24-30)19-18-27-10-3-1-4-11-27/h1-17,20-24,36H,25-26H2,(H,39,45)/t36-/m1/s1. The summed E-state index contributed by atoms with van der Waals surface area (Å²) in [6, 6.07) is 38.1. The molecule has 7 nitrogen and oxygen atoms in total. The molecule has 0 aliphatic heterocycles. The van der Waals surface area contributed by atoms with Gasteiger partial charge < -0.3 is 5.32 Å². The molecular formula is C37H28FN5O2. The first-order valence-electron chi connectivity index (χ1n) is 14.4. The van der Waals surface area contributed by atoms with Crippen LogP contribution in [0.2, 0.25) is 0 Å². The highest BCUT2D eigenvalue weighted by atomic mass is 19.1. The van der Waals surface area contributed by atoms with Gasteiger partial charge in [-0.15, -0.1) is 5.10 Å². The van der Waals surface area contributed by atoms with Gasteiger partial charge in [-0.3, -0.25) is 14.5 Å². The average Bonchev–Trinajstić information content (AvgIpc) is 3.49. The van der Waals surface area contributed by atoms with E-state index in [0.29, 0.717) is 27.8 Å². The zero-order chi connectivity index (χ0) is 31.0. The molecule has 0 radical (unpaired) electrons. The van der Waals surface area contributed by atoms with Gasteiger partial charge in [-0.25, -0.2) is 9.07 Å². The molecule has 0 saturated heterocycles. The van der Waals surface area contributed by atoms with Crippen LogP contribution in [0.1, 0.15) is 28.3 Å². The third-order valence-electron chi connectivity index (χ3n) is 7.22. The van der Waals surface area contributed by atoms with Gasteiger partial charge in [0.05, 0.1) is 5.52 Å². The molecule has 8 heteroatoms. The smallest absolute Gasteiger partial charge is 0.249 e. The van der Waals surface area contributed by atoms with Crippen molar-refractivity contribution in [1.29, 1.82) is 0 Å². The van der Waals surface area contributed by atoms with Crippen molar-refractivity contribution in [3.63, 3.8) is 0 Å². The topological polar surface area (TPSA) is 80.1 Å². The maximum Gasteiger partial charge on any atom is 0.249 e. The minimum Gasteiger partial charge on any atom is -0.350 e. The van der Waals surface area contributed by atoms with E-state index in [0.717, 1.165) is 11.1 Å². The summed E-state index contributed by atoms with van der Waals surface area (Å²) < 4.78 is 15.6. The van der Waals surface area contributed by atoms with Crippen molar-refractivity contribution in [3.8, 4) is 11.8 Å². The lowest BCUT2D eigenvalue weighted by Gasteiger charge is -2.31. The number of halogens is 1. The molecule has 6 aromatic rings. The van der Waals surface area contributed by atoms with Gasteiger partial charge in [0.15, 0.2) is 0 Å². The fraction of sp³-hybridized carbons (Fsp3) is 0.0811. The molecule has 0 fully saturated rings. The maximum atomic E-state index is 14.3. The maximum absolute atomic E-state index is 14.3. The Morgan fingerprint density at radius 3 is 2.22 bits per heavy atom. The number of hydrogen-bond donors (Lipinski definition) is 1. The number of carbonyl (C=O) groups is 2. The van der Waals surface area contributed by atoms with Gasteiger partial charge in [0, 0.05) is 23.4 Å². The minimum atomic E-state index is -1.11. The second kappa shape index (κ2) is 13.5. The second-order valence-electron chi connectivity index (χ2n) is 10.3. The third-order valence-corrected chi connectivity index (χ3v) is 7.22. The Morgan fingerprint density at radius 1 is 0.778 bits per heavy atom. The zero-order valence-corrected chi connectivity index (χ0v) is 24.2. The van der Waals surface area contributed by atoms with E-state index in [-0.39, 0.29) is 13.1 Å². The van der Waals surface area contributed by atoms with E-state index in [1.54, 1.807) is 18.2 Å². The first-order chi connectivity index (χ1) is 22.0. The number of fused-ring (bicyclic) bond motifs is 1. The summed E-state index contributed by atoms with van der Waals surface area (Å²) in [6.45, 7) is 0.0523. The molecule has 0 spiro atoms. The summed E-state index contributed by atoms with van der Waals surface area (Å²) in [7, 11) is 0. The highest BCUT2D eigenvalue weighted by Crippen LogP contribution is 2.30. The summed E-state index contributed by atoms with van der Waals surface area (Å²) >= 11 is 0. The van der Waals surface area contributed by atoms with E-state index in [1.807, 2.05) is 91.0 Å². The van der Waals surface area contributed by atoms with Crippen molar-refractivity contribution in [3.05, 3.63) is 162 Å². The summed E-state index contributed by atoms with van der Waals surface area (Å²) in [5.74, 6) is 5.01. The zero-order valence-electron chi connectivity index (χ0n) is 24.2. The Kier molecular flexibility index (Phi) is 8.70. The van der Waals surface area contributed by atoms with Crippen LogP contribution in [0.15, 0.2) is 133 Å². The summed E-state index contributed by atoms with van der Waals surface area (Å²) in [4.78, 5) is 29.8. The molecule has 1 atom stereocenters. The molecule has 0 bridgehead atoms. The Labute approximate surface area is 259 Å². The molecule has 1 aromatic heterocycles. The fourth-order valence-corrected chi connectivity index (χ4v) is 5.03. The van der Waals surface area contributed by atoms with Crippen molar-refractivity contribution in [2.24, 2.45) is 0 Å². The molecule has 0 saturated carbocycles. The van der Waals surface area contributed by atoms with E-state index in [1.165, 1.54) is 33.8 Å². The van der Waals surface area contributed by atoms with Gasteiger partial charge >= 0.3 is 0 Å². The number of nitrogens with one attached hydrogen (secondary N) is 1. The van der Waals surface area contributed by atoms with Crippen LogP contribution >= 0.6 is 0 Å². The number of carbonyl (C=O) groups excluding carboxylic acids is 2. The van der Waals surface area contributed by atoms with Gasteiger partial charge in [-0.1, -0.05) is 89.9 Å².